The van der Waals surface area contributed by atoms with Crippen LogP contribution in [0.2, 0.25) is 0 Å². The van der Waals surface area contributed by atoms with Gasteiger partial charge in [-0.15, -0.1) is 0 Å². The van der Waals surface area contributed by atoms with Crippen LogP contribution < -0.4 is 5.32 Å². The number of hydrogen-bond donors (Lipinski definition) is 1. The van der Waals surface area contributed by atoms with Gasteiger partial charge in [-0.1, -0.05) is 13.8 Å². The molecule has 4 heterocycles. The molecule has 1 unspecified atom stereocenters. The molecule has 4 nitrogen and oxygen atoms in total. The maximum Gasteiger partial charge on any atom is 0.203 e. The van der Waals surface area contributed by atoms with E-state index in [1.807, 2.05) is 0 Å². The van der Waals surface area contributed by atoms with E-state index < -0.39 is 0 Å². The first-order valence-electron chi connectivity index (χ1n) is 7.65. The Morgan fingerprint density at radius 3 is 2.68 bits per heavy atom. The average molecular weight is 262 g/mol. The number of rotatable bonds is 4. The molecule has 0 radical (unpaired) electrons. The molecule has 0 spiro atoms. The van der Waals surface area contributed by atoms with Crippen LogP contribution in [0.1, 0.15) is 38.4 Å². The highest BCUT2D eigenvalue weighted by Gasteiger charge is 2.36. The van der Waals surface area contributed by atoms with Crippen LogP contribution in [0.3, 0.4) is 0 Å². The fraction of sp³-hybridized carbons (Fsp3) is 0.800. The molecule has 1 aromatic heterocycles. The molecule has 1 atom stereocenters. The van der Waals surface area contributed by atoms with E-state index in [1.54, 1.807) is 0 Å². The van der Waals surface area contributed by atoms with Crippen LogP contribution in [-0.4, -0.2) is 40.6 Å². The van der Waals surface area contributed by atoms with Crippen molar-refractivity contribution in [3.8, 4) is 0 Å². The zero-order chi connectivity index (χ0) is 13.4. The Morgan fingerprint density at radius 2 is 2.11 bits per heavy atom. The zero-order valence-electron chi connectivity index (χ0n) is 12.4. The van der Waals surface area contributed by atoms with Crippen molar-refractivity contribution in [1.82, 2.24) is 14.5 Å². The summed E-state index contributed by atoms with van der Waals surface area (Å²) in [6.07, 6.45) is 4.94. The second-order valence-corrected chi connectivity index (χ2v) is 6.59. The predicted octanol–water partition coefficient (Wildman–Crippen LogP) is 2.53. The number of imidazole rings is 1. The van der Waals surface area contributed by atoms with Crippen molar-refractivity contribution < 1.29 is 0 Å². The van der Waals surface area contributed by atoms with Crippen LogP contribution in [0.5, 0.6) is 0 Å². The molecular weight excluding hydrogens is 236 g/mol. The molecule has 0 aromatic carbocycles. The summed E-state index contributed by atoms with van der Waals surface area (Å²) >= 11 is 0. The topological polar surface area (TPSA) is 33.1 Å². The smallest absolute Gasteiger partial charge is 0.203 e. The number of anilines is 1. The van der Waals surface area contributed by atoms with Gasteiger partial charge in [0.2, 0.25) is 5.95 Å². The largest absolute Gasteiger partial charge is 0.355 e. The minimum atomic E-state index is 0.623. The van der Waals surface area contributed by atoms with Crippen LogP contribution >= 0.6 is 0 Å². The lowest BCUT2D eigenvalue weighted by molar-refractivity contribution is 0.0579. The molecule has 3 aliphatic heterocycles. The fourth-order valence-corrected chi connectivity index (χ4v) is 3.44. The first kappa shape index (κ1) is 13.0. The number of nitrogens with zero attached hydrogens (tertiary/aromatic N) is 3. The van der Waals surface area contributed by atoms with E-state index in [-0.39, 0.29) is 0 Å². The molecule has 0 saturated carbocycles. The Balaban J connectivity index is 1.79. The van der Waals surface area contributed by atoms with Crippen LogP contribution in [0, 0.1) is 18.8 Å². The van der Waals surface area contributed by atoms with Crippen LogP contribution in [0.15, 0.2) is 6.20 Å². The first-order chi connectivity index (χ1) is 9.13. The minimum absolute atomic E-state index is 0.623. The Morgan fingerprint density at radius 1 is 1.37 bits per heavy atom. The van der Waals surface area contributed by atoms with Gasteiger partial charge in [0.1, 0.15) is 0 Å². The van der Waals surface area contributed by atoms with Crippen LogP contribution in [-0.2, 0) is 0 Å². The summed E-state index contributed by atoms with van der Waals surface area (Å²) in [6, 6.07) is 0.623. The van der Waals surface area contributed by atoms with Crippen molar-refractivity contribution >= 4 is 5.95 Å². The lowest BCUT2D eigenvalue weighted by atomic mass is 9.84. The van der Waals surface area contributed by atoms with E-state index in [9.17, 15) is 0 Å². The highest BCUT2D eigenvalue weighted by Crippen LogP contribution is 2.37. The third-order valence-electron chi connectivity index (χ3n) is 4.50. The molecule has 3 saturated heterocycles. The lowest BCUT2D eigenvalue weighted by Crippen LogP contribution is -2.48. The van der Waals surface area contributed by atoms with Crippen molar-refractivity contribution in [3.05, 3.63) is 11.9 Å². The summed E-state index contributed by atoms with van der Waals surface area (Å²) in [5, 5.41) is 3.52. The van der Waals surface area contributed by atoms with Gasteiger partial charge in [-0.25, -0.2) is 4.98 Å². The molecule has 4 rings (SSSR count). The number of piperidine rings is 3. The molecule has 1 aromatic rings. The highest BCUT2D eigenvalue weighted by molar-refractivity contribution is 5.30. The predicted molar refractivity (Wildman–Crippen MR) is 78.5 cm³/mol. The summed E-state index contributed by atoms with van der Waals surface area (Å²) in [4.78, 5) is 7.28. The van der Waals surface area contributed by atoms with E-state index in [0.29, 0.717) is 12.0 Å². The summed E-state index contributed by atoms with van der Waals surface area (Å²) in [7, 11) is 0. The Bertz CT molecular complexity index is 429. The molecule has 3 fully saturated rings. The zero-order valence-corrected chi connectivity index (χ0v) is 12.4. The van der Waals surface area contributed by atoms with Gasteiger partial charge in [0.25, 0.3) is 0 Å². The number of aromatic nitrogens is 2. The van der Waals surface area contributed by atoms with Crippen molar-refractivity contribution in [3.63, 3.8) is 0 Å². The van der Waals surface area contributed by atoms with Gasteiger partial charge in [-0.05, 0) is 44.7 Å². The molecule has 2 bridgehead atoms. The molecule has 1 N–H and O–H groups in total. The van der Waals surface area contributed by atoms with Gasteiger partial charge in [0.05, 0.1) is 11.7 Å². The Hall–Kier alpha value is -1.03. The van der Waals surface area contributed by atoms with E-state index >= 15 is 0 Å². The third kappa shape index (κ3) is 2.64. The Kier molecular flexibility index (Phi) is 3.52. The first-order valence-corrected chi connectivity index (χ1v) is 7.65. The van der Waals surface area contributed by atoms with Gasteiger partial charge >= 0.3 is 0 Å². The van der Waals surface area contributed by atoms with Crippen molar-refractivity contribution in [2.75, 3.05) is 31.5 Å². The molecule has 106 valence electrons. The second kappa shape index (κ2) is 5.16. The second-order valence-electron chi connectivity index (χ2n) is 6.59. The SMILES string of the molecule is Cc1cn(C2CN3CCC2CC3)c(NCC(C)C)n1. The summed E-state index contributed by atoms with van der Waals surface area (Å²) in [5.41, 5.74) is 1.13. The minimum Gasteiger partial charge on any atom is -0.355 e. The number of aryl methyl sites for hydroxylation is 1. The maximum absolute atomic E-state index is 4.67. The van der Waals surface area contributed by atoms with E-state index in [2.05, 4.69) is 46.7 Å². The lowest BCUT2D eigenvalue weighted by Gasteiger charge is -2.45. The van der Waals surface area contributed by atoms with Crippen LogP contribution in [0.4, 0.5) is 5.95 Å². The summed E-state index contributed by atoms with van der Waals surface area (Å²) in [6.45, 7) is 11.4. The van der Waals surface area contributed by atoms with Crippen molar-refractivity contribution in [1.29, 1.82) is 0 Å². The van der Waals surface area contributed by atoms with E-state index in [0.717, 1.165) is 24.1 Å². The van der Waals surface area contributed by atoms with Gasteiger partial charge < -0.3 is 14.8 Å². The quantitative estimate of drug-likeness (QED) is 0.905. The van der Waals surface area contributed by atoms with Crippen molar-refractivity contribution in [2.45, 2.75) is 39.7 Å². The van der Waals surface area contributed by atoms with Crippen molar-refractivity contribution in [2.24, 2.45) is 11.8 Å². The van der Waals surface area contributed by atoms with Gasteiger partial charge in [0.15, 0.2) is 0 Å². The fourth-order valence-electron chi connectivity index (χ4n) is 3.44. The standard InChI is InChI=1S/C15H26N4/c1-11(2)8-16-15-17-12(3)9-19(15)14-10-18-6-4-13(14)5-7-18/h9,11,13-14H,4-8,10H2,1-3H3,(H,16,17). The molecule has 4 heteroatoms. The summed E-state index contributed by atoms with van der Waals surface area (Å²) < 4.78 is 2.41. The van der Waals surface area contributed by atoms with Gasteiger partial charge in [0, 0.05) is 19.3 Å². The van der Waals surface area contributed by atoms with Gasteiger partial charge in [-0.2, -0.15) is 0 Å². The van der Waals surface area contributed by atoms with Crippen LogP contribution in [0.25, 0.3) is 0 Å². The normalized spacial score (nSPS) is 30.0. The molecule has 0 amide bonds. The number of hydrogen-bond acceptors (Lipinski definition) is 3. The van der Waals surface area contributed by atoms with E-state index in [1.165, 1.54) is 32.5 Å². The van der Waals surface area contributed by atoms with E-state index in [4.69, 9.17) is 0 Å². The molecule has 0 aliphatic carbocycles. The monoisotopic (exact) mass is 262 g/mol. The molecular formula is C15H26N4. The Labute approximate surface area is 116 Å². The average Bonchev–Trinajstić information content (AvgIpc) is 2.79. The maximum atomic E-state index is 4.67. The third-order valence-corrected chi connectivity index (χ3v) is 4.50. The number of nitrogens with one attached hydrogen (secondary N) is 1. The van der Waals surface area contributed by atoms with Gasteiger partial charge in [-0.3, -0.25) is 0 Å². The molecule has 19 heavy (non-hydrogen) atoms. The molecule has 3 aliphatic rings. The summed E-state index contributed by atoms with van der Waals surface area (Å²) in [5.74, 6) is 2.57. The highest BCUT2D eigenvalue weighted by atomic mass is 15.3. The number of fused-ring (bicyclic) bond motifs is 3.